The van der Waals surface area contributed by atoms with Crippen LogP contribution in [0.2, 0.25) is 0 Å². The van der Waals surface area contributed by atoms with Crippen molar-refractivity contribution in [1.82, 2.24) is 0 Å². The van der Waals surface area contributed by atoms with E-state index in [2.05, 4.69) is 15.6 Å². The second-order valence-electron chi connectivity index (χ2n) is 0. The summed E-state index contributed by atoms with van der Waals surface area (Å²) in [5.41, 5.74) is 0. The van der Waals surface area contributed by atoms with Gasteiger partial charge < -0.3 is 0 Å². The first kappa shape index (κ1) is 15.9. The molecule has 1 radical (unpaired) electrons. The van der Waals surface area contributed by atoms with Gasteiger partial charge in [-0.2, -0.15) is 0 Å². The Labute approximate surface area is 77.0 Å². The Kier molecular flexibility index (Phi) is 68.3. The van der Waals surface area contributed by atoms with E-state index < -0.39 is 0 Å². The van der Waals surface area contributed by atoms with Gasteiger partial charge in [-0.05, 0) is 0 Å². The van der Waals surface area contributed by atoms with Crippen LogP contribution in [0.1, 0.15) is 0 Å². The van der Waals surface area contributed by atoms with E-state index in [9.17, 15) is 0 Å². The van der Waals surface area contributed by atoms with Gasteiger partial charge in [-0.1, -0.05) is 0 Å². The SMILES string of the molecule is [CaH2].[Cu].[PH2][Cu]. The first-order chi connectivity index (χ1) is 1.00. The van der Waals surface area contributed by atoms with Crippen LogP contribution in [0.4, 0.5) is 0 Å². The Bertz CT molecular complexity index is 6.00. The normalized spacial score (nSPS) is 1.75. The monoisotopic (exact) mass is 201 g/mol. The second kappa shape index (κ2) is 17.2. The van der Waals surface area contributed by atoms with Gasteiger partial charge in [0, 0.05) is 17.1 Å². The molecule has 0 rings (SSSR count). The third-order valence-electron chi connectivity index (χ3n) is 0. The predicted octanol–water partition coefficient (Wildman–Crippen LogP) is -0.595. The summed E-state index contributed by atoms with van der Waals surface area (Å²) in [5.74, 6) is 0. The molecule has 1 unspecified atom stereocenters. The molecule has 0 fully saturated rings. The molecule has 0 nitrogen and oxygen atoms in total. The van der Waals surface area contributed by atoms with Crippen LogP contribution in [-0.2, 0) is 32.6 Å². The van der Waals surface area contributed by atoms with Crippen LogP contribution in [0.15, 0.2) is 0 Å². The number of hydrogen-bond donors (Lipinski definition) is 0. The molecule has 1 atom stereocenters. The van der Waals surface area contributed by atoms with Crippen LogP contribution in [0.25, 0.3) is 0 Å². The molecular weight excluding hydrogens is 198 g/mol. The van der Waals surface area contributed by atoms with Crippen molar-refractivity contribution in [3.63, 3.8) is 0 Å². The van der Waals surface area contributed by atoms with E-state index >= 15 is 0 Å². The summed E-state index contributed by atoms with van der Waals surface area (Å²) >= 11 is 4.10. The van der Waals surface area contributed by atoms with Crippen molar-refractivity contribution >= 4 is 45.7 Å². The zero-order valence-electron chi connectivity index (χ0n) is 1.18. The van der Waals surface area contributed by atoms with Crippen LogP contribution < -0.4 is 0 Å². The van der Waals surface area contributed by atoms with Crippen molar-refractivity contribution in [2.24, 2.45) is 0 Å². The fraction of sp³-hybridized carbons (Fsp3) is 0. The molecule has 33 valence electrons. The summed E-state index contributed by atoms with van der Waals surface area (Å²) in [6, 6.07) is 0. The summed E-state index contributed by atoms with van der Waals surface area (Å²) < 4.78 is 0. The van der Waals surface area contributed by atoms with E-state index in [4.69, 9.17) is 0 Å². The molecule has 0 saturated carbocycles. The second-order valence-corrected chi connectivity index (χ2v) is 0. The zero-order valence-corrected chi connectivity index (χ0v) is 4.22. The maximum absolute atomic E-state index is 4.10. The summed E-state index contributed by atoms with van der Waals surface area (Å²) in [6.07, 6.45) is 0. The van der Waals surface area contributed by atoms with Crippen molar-refractivity contribution in [3.8, 4) is 0 Å². The van der Waals surface area contributed by atoms with Crippen LogP contribution >= 0.6 is 7.93 Å². The third-order valence-corrected chi connectivity index (χ3v) is 0. The van der Waals surface area contributed by atoms with Gasteiger partial charge in [0.1, 0.15) is 0 Å². The molecule has 0 spiro atoms. The molecule has 0 aliphatic rings. The van der Waals surface area contributed by atoms with Gasteiger partial charge in [-0.15, -0.1) is 0 Å². The molecule has 0 saturated heterocycles. The topological polar surface area (TPSA) is 0 Å². The van der Waals surface area contributed by atoms with Gasteiger partial charge >= 0.3 is 61.2 Å². The van der Waals surface area contributed by atoms with Gasteiger partial charge in [0.2, 0.25) is 0 Å². The average Bonchev–Trinajstić information content (AvgIpc) is 1.00. The first-order valence-corrected chi connectivity index (χ1v) is 2.15. The molecule has 0 aromatic heterocycles. The minimum absolute atomic E-state index is 0. The van der Waals surface area contributed by atoms with Crippen LogP contribution in [0, 0.1) is 0 Å². The molecule has 0 aliphatic carbocycles. The Morgan fingerprint density at radius 1 is 1.25 bits per heavy atom. The summed E-state index contributed by atoms with van der Waals surface area (Å²) in [7, 11) is 1.98. The van der Waals surface area contributed by atoms with Crippen LogP contribution in [0.3, 0.4) is 0 Å². The summed E-state index contributed by atoms with van der Waals surface area (Å²) in [6.45, 7) is 0. The van der Waals surface area contributed by atoms with E-state index in [0.29, 0.717) is 0 Å². The minimum atomic E-state index is 0. The quantitative estimate of drug-likeness (QED) is 0.363. The van der Waals surface area contributed by atoms with Crippen molar-refractivity contribution in [1.29, 1.82) is 0 Å². The van der Waals surface area contributed by atoms with Crippen molar-refractivity contribution < 1.29 is 32.6 Å². The molecule has 0 aromatic rings. The van der Waals surface area contributed by atoms with Crippen LogP contribution in [0.5, 0.6) is 0 Å². The van der Waals surface area contributed by atoms with E-state index in [0.717, 1.165) is 0 Å². The number of hydrogen-bond acceptors (Lipinski definition) is 0. The molecule has 4 heteroatoms. The predicted molar refractivity (Wildman–Crippen MR) is 18.3 cm³/mol. The van der Waals surface area contributed by atoms with E-state index in [1.165, 1.54) is 0 Å². The standard InChI is InChI=1S/Ca.2Cu.H2P.2H/h;;;1H2;;/q;;+1;-1;;. The van der Waals surface area contributed by atoms with Gasteiger partial charge in [0.05, 0.1) is 0 Å². The van der Waals surface area contributed by atoms with E-state index in [1.54, 1.807) is 0 Å². The van der Waals surface area contributed by atoms with Crippen LogP contribution in [-0.4, -0.2) is 37.7 Å². The van der Waals surface area contributed by atoms with E-state index in [-0.39, 0.29) is 54.8 Å². The molecule has 0 heterocycles. The zero-order chi connectivity index (χ0) is 2.00. The molecule has 0 aliphatic heterocycles. The Morgan fingerprint density at radius 3 is 1.25 bits per heavy atom. The molecule has 0 N–H and O–H groups in total. The molecule has 0 amide bonds. The Balaban J connectivity index is -0.00000000500. The Morgan fingerprint density at radius 2 is 1.25 bits per heavy atom. The van der Waals surface area contributed by atoms with Gasteiger partial charge in [0.25, 0.3) is 0 Å². The summed E-state index contributed by atoms with van der Waals surface area (Å²) in [4.78, 5) is 0. The van der Waals surface area contributed by atoms with E-state index in [1.807, 2.05) is 7.93 Å². The molecule has 0 bridgehead atoms. The van der Waals surface area contributed by atoms with Gasteiger partial charge in [0.15, 0.2) is 0 Å². The van der Waals surface area contributed by atoms with Crippen molar-refractivity contribution in [2.75, 3.05) is 0 Å². The molecule has 4 heavy (non-hydrogen) atoms. The molecular formula is H4CaCu2P. The van der Waals surface area contributed by atoms with Crippen molar-refractivity contribution in [3.05, 3.63) is 0 Å². The third kappa shape index (κ3) is 8.83. The molecule has 0 aromatic carbocycles. The van der Waals surface area contributed by atoms with Gasteiger partial charge in [-0.25, -0.2) is 0 Å². The Hall–Kier alpha value is 2.73. The summed E-state index contributed by atoms with van der Waals surface area (Å²) in [5, 5.41) is 0. The average molecular weight is 202 g/mol. The maximum atomic E-state index is 4.10. The van der Waals surface area contributed by atoms with Gasteiger partial charge in [-0.3, -0.25) is 0 Å². The van der Waals surface area contributed by atoms with Crippen molar-refractivity contribution in [2.45, 2.75) is 0 Å². The fourth-order valence-electron chi connectivity index (χ4n) is 0. The fourth-order valence-corrected chi connectivity index (χ4v) is 0. The number of rotatable bonds is 0. The first-order valence-electron chi connectivity index (χ1n) is 0.174.